The number of primary sulfonamides is 1. The molecule has 0 saturated carbocycles. The highest BCUT2D eigenvalue weighted by Crippen LogP contribution is 2.13. The molecule has 1 amide bonds. The average Bonchev–Trinajstić information content (AvgIpc) is 2.65. The van der Waals surface area contributed by atoms with Crippen molar-refractivity contribution in [3.8, 4) is 5.75 Å². The van der Waals surface area contributed by atoms with Crippen LogP contribution in [0.2, 0.25) is 0 Å². The number of ether oxygens (including phenoxy) is 1. The Bertz CT molecular complexity index is 831. The molecule has 2 aromatic carbocycles. The van der Waals surface area contributed by atoms with Crippen molar-refractivity contribution in [3.05, 3.63) is 59.7 Å². The second-order valence-electron chi connectivity index (χ2n) is 6.27. The molecule has 0 atom stereocenters. The van der Waals surface area contributed by atoms with Crippen molar-refractivity contribution < 1.29 is 17.9 Å². The number of carbonyl (C=O) groups is 1. The van der Waals surface area contributed by atoms with E-state index in [0.717, 1.165) is 30.6 Å². The summed E-state index contributed by atoms with van der Waals surface area (Å²) in [5, 5.41) is 7.92. The molecule has 0 bridgehead atoms. The minimum absolute atomic E-state index is 0.0762. The second-order valence-corrected chi connectivity index (χ2v) is 7.84. The van der Waals surface area contributed by atoms with Crippen molar-refractivity contribution in [2.75, 3.05) is 13.2 Å². The fourth-order valence-corrected chi connectivity index (χ4v) is 3.03. The van der Waals surface area contributed by atoms with Crippen LogP contribution >= 0.6 is 0 Å². The predicted molar refractivity (Wildman–Crippen MR) is 105 cm³/mol. The van der Waals surface area contributed by atoms with Crippen molar-refractivity contribution in [3.63, 3.8) is 0 Å². The maximum Gasteiger partial charge on any atom is 0.251 e. The first-order valence-electron chi connectivity index (χ1n) is 9.03. The van der Waals surface area contributed by atoms with Gasteiger partial charge in [-0.05, 0) is 54.8 Å². The van der Waals surface area contributed by atoms with Crippen molar-refractivity contribution in [2.45, 2.75) is 37.5 Å². The molecule has 27 heavy (non-hydrogen) atoms. The van der Waals surface area contributed by atoms with Crippen LogP contribution in [0.1, 0.15) is 42.1 Å². The number of hydrogen-bond acceptors (Lipinski definition) is 4. The molecule has 0 aliphatic rings. The van der Waals surface area contributed by atoms with Gasteiger partial charge in [0, 0.05) is 12.1 Å². The topological polar surface area (TPSA) is 98.5 Å². The maximum absolute atomic E-state index is 12.2. The molecule has 0 unspecified atom stereocenters. The minimum Gasteiger partial charge on any atom is -0.494 e. The third kappa shape index (κ3) is 7.03. The van der Waals surface area contributed by atoms with Gasteiger partial charge >= 0.3 is 0 Å². The van der Waals surface area contributed by atoms with E-state index in [0.29, 0.717) is 25.1 Å². The van der Waals surface area contributed by atoms with Crippen LogP contribution in [0.3, 0.4) is 0 Å². The zero-order valence-corrected chi connectivity index (χ0v) is 16.3. The number of unbranched alkanes of at least 4 members (excludes halogenated alkanes) is 2. The molecule has 3 N–H and O–H groups in total. The van der Waals surface area contributed by atoms with Crippen LogP contribution in [0.15, 0.2) is 53.4 Å². The summed E-state index contributed by atoms with van der Waals surface area (Å²) in [6.45, 7) is 3.28. The van der Waals surface area contributed by atoms with Gasteiger partial charge in [0.1, 0.15) is 5.75 Å². The Morgan fingerprint density at radius 1 is 1.04 bits per heavy atom. The number of amides is 1. The van der Waals surface area contributed by atoms with E-state index in [2.05, 4.69) is 12.2 Å². The Balaban J connectivity index is 1.78. The van der Waals surface area contributed by atoms with Gasteiger partial charge in [0.25, 0.3) is 5.91 Å². The van der Waals surface area contributed by atoms with Crippen LogP contribution in [0.4, 0.5) is 0 Å². The lowest BCUT2D eigenvalue weighted by molar-refractivity contribution is 0.0954. The standard InChI is InChI=1S/C20H26N2O4S/c1-2-3-4-15-26-18-9-7-17(8-10-18)20(23)22-14-13-16-5-11-19(12-6-16)27(21,24)25/h5-12H,2-4,13-15H2,1H3,(H,22,23)(H2,21,24,25). The van der Waals surface area contributed by atoms with E-state index < -0.39 is 10.0 Å². The van der Waals surface area contributed by atoms with Crippen LogP contribution in [0, 0.1) is 0 Å². The third-order valence-electron chi connectivity index (χ3n) is 4.08. The van der Waals surface area contributed by atoms with Gasteiger partial charge < -0.3 is 10.1 Å². The molecule has 0 spiro atoms. The fraction of sp³-hybridized carbons (Fsp3) is 0.350. The smallest absolute Gasteiger partial charge is 0.251 e. The Hall–Kier alpha value is -2.38. The Kier molecular flexibility index (Phi) is 7.82. The zero-order chi connectivity index (χ0) is 19.7. The van der Waals surface area contributed by atoms with Crippen molar-refractivity contribution in [1.82, 2.24) is 5.32 Å². The highest BCUT2D eigenvalue weighted by Gasteiger charge is 2.08. The third-order valence-corrected chi connectivity index (χ3v) is 5.01. The van der Waals surface area contributed by atoms with Crippen molar-refractivity contribution in [2.24, 2.45) is 5.14 Å². The quantitative estimate of drug-likeness (QED) is 0.610. The van der Waals surface area contributed by atoms with E-state index in [-0.39, 0.29) is 10.8 Å². The minimum atomic E-state index is -3.68. The molecule has 2 aromatic rings. The van der Waals surface area contributed by atoms with Crippen molar-refractivity contribution >= 4 is 15.9 Å². The van der Waals surface area contributed by atoms with E-state index in [1.54, 1.807) is 36.4 Å². The number of carbonyl (C=O) groups excluding carboxylic acids is 1. The molecule has 0 fully saturated rings. The van der Waals surface area contributed by atoms with Crippen molar-refractivity contribution in [1.29, 1.82) is 0 Å². The number of nitrogens with one attached hydrogen (secondary N) is 1. The molecule has 2 rings (SSSR count). The first-order chi connectivity index (χ1) is 12.9. The van der Waals surface area contributed by atoms with E-state index in [9.17, 15) is 13.2 Å². The fourth-order valence-electron chi connectivity index (χ4n) is 2.51. The van der Waals surface area contributed by atoms with Crippen LogP contribution in [0.25, 0.3) is 0 Å². The molecule has 6 nitrogen and oxygen atoms in total. The van der Waals surface area contributed by atoms with Crippen LogP contribution in [-0.2, 0) is 16.4 Å². The van der Waals surface area contributed by atoms with Gasteiger partial charge in [0.2, 0.25) is 10.0 Å². The summed E-state index contributed by atoms with van der Waals surface area (Å²) in [7, 11) is -3.68. The van der Waals surface area contributed by atoms with Gasteiger partial charge in [-0.25, -0.2) is 13.6 Å². The molecule has 0 radical (unpaired) electrons. The normalized spacial score (nSPS) is 11.2. The van der Waals surface area contributed by atoms with Gasteiger partial charge in [-0.1, -0.05) is 31.9 Å². The summed E-state index contributed by atoms with van der Waals surface area (Å²) >= 11 is 0. The molecule has 0 heterocycles. The highest BCUT2D eigenvalue weighted by molar-refractivity contribution is 7.89. The number of hydrogen-bond donors (Lipinski definition) is 2. The summed E-state index contributed by atoms with van der Waals surface area (Å²) in [5.41, 5.74) is 1.49. The van der Waals surface area contributed by atoms with Gasteiger partial charge in [-0.2, -0.15) is 0 Å². The molecular weight excluding hydrogens is 364 g/mol. The first-order valence-corrected chi connectivity index (χ1v) is 10.6. The lowest BCUT2D eigenvalue weighted by Gasteiger charge is -2.08. The van der Waals surface area contributed by atoms with E-state index >= 15 is 0 Å². The summed E-state index contributed by atoms with van der Waals surface area (Å²) in [6.07, 6.45) is 3.91. The Labute approximate surface area is 160 Å². The Morgan fingerprint density at radius 3 is 2.30 bits per heavy atom. The average molecular weight is 391 g/mol. The molecular formula is C20H26N2O4S. The predicted octanol–water partition coefficient (Wildman–Crippen LogP) is 2.88. The number of benzene rings is 2. The second kappa shape index (κ2) is 10.1. The van der Waals surface area contributed by atoms with E-state index in [4.69, 9.17) is 9.88 Å². The van der Waals surface area contributed by atoms with Gasteiger partial charge in [0.05, 0.1) is 11.5 Å². The number of rotatable bonds is 10. The molecule has 0 aliphatic carbocycles. The van der Waals surface area contributed by atoms with Gasteiger partial charge in [-0.15, -0.1) is 0 Å². The zero-order valence-electron chi connectivity index (χ0n) is 15.5. The molecule has 0 aliphatic heterocycles. The van der Waals surface area contributed by atoms with Crippen LogP contribution < -0.4 is 15.2 Å². The Morgan fingerprint density at radius 2 is 1.70 bits per heavy atom. The SMILES string of the molecule is CCCCCOc1ccc(C(=O)NCCc2ccc(S(N)(=O)=O)cc2)cc1. The monoisotopic (exact) mass is 390 g/mol. The summed E-state index contributed by atoms with van der Waals surface area (Å²) < 4.78 is 28.1. The molecule has 146 valence electrons. The largest absolute Gasteiger partial charge is 0.494 e. The first kappa shape index (κ1) is 20.9. The summed E-state index contributed by atoms with van der Waals surface area (Å²) in [5.74, 6) is 0.603. The highest BCUT2D eigenvalue weighted by atomic mass is 32.2. The lowest BCUT2D eigenvalue weighted by atomic mass is 10.1. The molecule has 0 saturated heterocycles. The van der Waals surface area contributed by atoms with Crippen LogP contribution in [-0.4, -0.2) is 27.5 Å². The lowest BCUT2D eigenvalue weighted by Crippen LogP contribution is -2.25. The van der Waals surface area contributed by atoms with Crippen LogP contribution in [0.5, 0.6) is 5.75 Å². The van der Waals surface area contributed by atoms with Gasteiger partial charge in [0.15, 0.2) is 0 Å². The number of sulfonamides is 1. The van der Waals surface area contributed by atoms with Gasteiger partial charge in [-0.3, -0.25) is 4.79 Å². The van der Waals surface area contributed by atoms with E-state index in [1.807, 2.05) is 0 Å². The summed E-state index contributed by atoms with van der Waals surface area (Å²) in [4.78, 5) is 12.3. The molecule has 7 heteroatoms. The van der Waals surface area contributed by atoms with E-state index in [1.165, 1.54) is 12.1 Å². The maximum atomic E-state index is 12.2. The summed E-state index contributed by atoms with van der Waals surface area (Å²) in [6, 6.07) is 13.4. The number of nitrogens with two attached hydrogens (primary N) is 1. The molecule has 0 aromatic heterocycles.